The summed E-state index contributed by atoms with van der Waals surface area (Å²) >= 11 is 0. The number of nitrogens with one attached hydrogen (secondary N) is 1. The number of rotatable bonds is 11. The van der Waals surface area contributed by atoms with Crippen LogP contribution < -0.4 is 0 Å². The third kappa shape index (κ3) is 5.28. The summed E-state index contributed by atoms with van der Waals surface area (Å²) in [6, 6.07) is 27.1. The summed E-state index contributed by atoms with van der Waals surface area (Å²) < 4.78 is 13.7. The Kier molecular flexibility index (Phi) is 7.07. The van der Waals surface area contributed by atoms with E-state index in [1.165, 1.54) is 13.1 Å². The molecule has 0 bridgehead atoms. The molecule has 5 rings (SSSR count). The van der Waals surface area contributed by atoms with E-state index in [0.717, 1.165) is 22.2 Å². The van der Waals surface area contributed by atoms with Crippen molar-refractivity contribution in [1.29, 1.82) is 0 Å². The van der Waals surface area contributed by atoms with Crippen LogP contribution in [0.2, 0.25) is 0 Å². The number of aromatic nitrogens is 4. The predicted octanol–water partition coefficient (Wildman–Crippen LogP) is 5.31. The van der Waals surface area contributed by atoms with Gasteiger partial charge < -0.3 is 19.0 Å². The van der Waals surface area contributed by atoms with Gasteiger partial charge in [-0.05, 0) is 23.3 Å². The van der Waals surface area contributed by atoms with Gasteiger partial charge in [-0.3, -0.25) is 10.1 Å². The van der Waals surface area contributed by atoms with Gasteiger partial charge in [0.25, 0.3) is 0 Å². The normalized spacial score (nSPS) is 13.0. The van der Waals surface area contributed by atoms with E-state index in [0.29, 0.717) is 31.4 Å². The maximum atomic E-state index is 12.1. The number of benzene rings is 3. The zero-order valence-electron chi connectivity index (χ0n) is 20.4. The maximum Gasteiger partial charge on any atom is 0.365 e. The van der Waals surface area contributed by atoms with Gasteiger partial charge in [0.05, 0.1) is 42.0 Å². The molecule has 2 heterocycles. The fourth-order valence-electron chi connectivity index (χ4n) is 4.10. The minimum atomic E-state index is -1.81. The highest BCUT2D eigenvalue weighted by molar-refractivity contribution is 5.79. The Morgan fingerprint density at radius 3 is 2.30 bits per heavy atom. The highest BCUT2D eigenvalue weighted by atomic mass is 16.7. The van der Waals surface area contributed by atoms with Crippen LogP contribution in [0.4, 0.5) is 0 Å². The first-order valence-corrected chi connectivity index (χ1v) is 12.0. The van der Waals surface area contributed by atoms with Crippen molar-refractivity contribution in [2.45, 2.75) is 32.4 Å². The lowest BCUT2D eigenvalue weighted by atomic mass is 10.2. The zero-order valence-corrected chi connectivity index (χ0v) is 20.4. The third-order valence-electron chi connectivity index (χ3n) is 6.22. The molecule has 0 saturated carbocycles. The number of aromatic amines is 1. The summed E-state index contributed by atoms with van der Waals surface area (Å²) in [6.45, 7) is 3.02. The molecule has 0 aliphatic carbocycles. The summed E-state index contributed by atoms with van der Waals surface area (Å²) in [5.74, 6) is 0.996. The van der Waals surface area contributed by atoms with Crippen molar-refractivity contribution in [3.05, 3.63) is 118 Å². The summed E-state index contributed by atoms with van der Waals surface area (Å²) in [7, 11) is 0. The van der Waals surface area contributed by atoms with Crippen molar-refractivity contribution in [3.8, 4) is 11.6 Å². The molecule has 0 aliphatic heterocycles. The summed E-state index contributed by atoms with van der Waals surface area (Å²) in [5, 5.41) is 12.1. The summed E-state index contributed by atoms with van der Waals surface area (Å²) in [5.41, 5.74) is 2.10. The van der Waals surface area contributed by atoms with Crippen LogP contribution in [-0.2, 0) is 35.0 Å². The van der Waals surface area contributed by atoms with E-state index in [9.17, 15) is 10.1 Å². The van der Waals surface area contributed by atoms with E-state index in [1.807, 2.05) is 89.5 Å². The van der Waals surface area contributed by atoms with Gasteiger partial charge in [-0.15, -0.1) is 0 Å². The van der Waals surface area contributed by atoms with Gasteiger partial charge in [0.15, 0.2) is 11.6 Å². The topological polar surface area (TPSA) is 108 Å². The molecule has 188 valence electrons. The van der Waals surface area contributed by atoms with Gasteiger partial charge in [-0.1, -0.05) is 72.8 Å². The Balaban J connectivity index is 1.39. The molecule has 1 unspecified atom stereocenters. The van der Waals surface area contributed by atoms with Gasteiger partial charge >= 0.3 is 5.72 Å². The molecule has 1 atom stereocenters. The van der Waals surface area contributed by atoms with Gasteiger partial charge in [0.2, 0.25) is 0 Å². The van der Waals surface area contributed by atoms with Crippen LogP contribution in [0.3, 0.4) is 0 Å². The van der Waals surface area contributed by atoms with Crippen molar-refractivity contribution in [3.63, 3.8) is 0 Å². The quantitative estimate of drug-likeness (QED) is 0.115. The number of hydrogen-bond donors (Lipinski definition) is 1. The van der Waals surface area contributed by atoms with Crippen LogP contribution >= 0.6 is 0 Å². The molecule has 0 aliphatic rings. The van der Waals surface area contributed by atoms with Gasteiger partial charge in [0.1, 0.15) is 5.69 Å². The van der Waals surface area contributed by atoms with Crippen molar-refractivity contribution >= 4 is 11.0 Å². The van der Waals surface area contributed by atoms with Crippen LogP contribution in [0.25, 0.3) is 22.7 Å². The van der Waals surface area contributed by atoms with Crippen LogP contribution in [0.5, 0.6) is 0 Å². The maximum absolute atomic E-state index is 12.1. The molecule has 1 N–H and O–H groups in total. The first-order chi connectivity index (χ1) is 18.0. The Morgan fingerprint density at radius 2 is 1.59 bits per heavy atom. The highest BCUT2D eigenvalue weighted by Gasteiger charge is 2.43. The number of nitrogens with zero attached hydrogens (tertiary/aromatic N) is 4. The Hall–Kier alpha value is -4.34. The molecule has 2 aromatic heterocycles. The lowest BCUT2D eigenvalue weighted by molar-refractivity contribution is -0.639. The molecular formula is C28H27N5O4. The van der Waals surface area contributed by atoms with Crippen LogP contribution in [0.1, 0.15) is 23.7 Å². The second-order valence-electron chi connectivity index (χ2n) is 8.77. The molecule has 37 heavy (non-hydrogen) atoms. The number of imidazole rings is 2. The standard InChI is InChI=1S/C28H27N5O4/c1-28(33(34)35,37-20-22-12-6-3-7-13-22)25-18-29-26(31-25)27-30-23-14-8-9-15-24(23)32(27)16-17-36-19-21-10-4-2-5-11-21/h2-15,18H,16-17,19-20H2,1H3,(H,29,31). The van der Waals surface area contributed by atoms with Crippen LogP contribution in [-0.4, -0.2) is 31.0 Å². The lowest BCUT2D eigenvalue weighted by Gasteiger charge is -2.19. The van der Waals surface area contributed by atoms with Crippen LogP contribution in [0.15, 0.2) is 91.1 Å². The van der Waals surface area contributed by atoms with Crippen molar-refractivity contribution in [1.82, 2.24) is 19.5 Å². The predicted molar refractivity (Wildman–Crippen MR) is 139 cm³/mol. The molecule has 0 radical (unpaired) electrons. The van der Waals surface area contributed by atoms with E-state index in [-0.39, 0.29) is 12.3 Å². The first kappa shape index (κ1) is 24.4. The van der Waals surface area contributed by atoms with Crippen molar-refractivity contribution < 1.29 is 14.4 Å². The fourth-order valence-corrected chi connectivity index (χ4v) is 4.10. The first-order valence-electron chi connectivity index (χ1n) is 12.0. The molecule has 0 saturated heterocycles. The Morgan fingerprint density at radius 1 is 0.946 bits per heavy atom. The third-order valence-corrected chi connectivity index (χ3v) is 6.22. The number of nitro groups is 1. The molecule has 9 nitrogen and oxygen atoms in total. The fraction of sp³-hybridized carbons (Fsp3) is 0.214. The molecular weight excluding hydrogens is 470 g/mol. The molecule has 0 fully saturated rings. The van der Waals surface area contributed by atoms with E-state index >= 15 is 0 Å². The molecule has 0 amide bonds. The molecule has 0 spiro atoms. The number of fused-ring (bicyclic) bond motifs is 1. The monoisotopic (exact) mass is 497 g/mol. The zero-order chi connectivity index (χ0) is 25.7. The van der Waals surface area contributed by atoms with E-state index in [4.69, 9.17) is 14.5 Å². The van der Waals surface area contributed by atoms with Crippen molar-refractivity contribution in [2.75, 3.05) is 6.61 Å². The van der Waals surface area contributed by atoms with Gasteiger partial charge in [-0.2, -0.15) is 0 Å². The molecule has 5 aromatic rings. The number of H-pyrrole nitrogens is 1. The minimum absolute atomic E-state index is 0.0872. The molecule has 3 aromatic carbocycles. The summed E-state index contributed by atoms with van der Waals surface area (Å²) in [4.78, 5) is 24.0. The van der Waals surface area contributed by atoms with Crippen molar-refractivity contribution in [2.24, 2.45) is 0 Å². The van der Waals surface area contributed by atoms with E-state index in [2.05, 4.69) is 9.97 Å². The lowest BCUT2D eigenvalue weighted by Crippen LogP contribution is -2.35. The van der Waals surface area contributed by atoms with E-state index in [1.54, 1.807) is 0 Å². The second-order valence-corrected chi connectivity index (χ2v) is 8.77. The molecule has 9 heteroatoms. The average Bonchev–Trinajstić information content (AvgIpc) is 3.56. The van der Waals surface area contributed by atoms with E-state index < -0.39 is 10.6 Å². The largest absolute Gasteiger partial charge is 0.375 e. The summed E-state index contributed by atoms with van der Waals surface area (Å²) in [6.07, 6.45) is 1.44. The average molecular weight is 498 g/mol. The SMILES string of the molecule is CC(OCc1ccccc1)(c1cnc(-c2nc3ccccc3n2CCOCc2ccccc2)[nH]1)[N+](=O)[O-]. The van der Waals surface area contributed by atoms with Gasteiger partial charge in [-0.25, -0.2) is 9.97 Å². The number of para-hydroxylation sites is 2. The highest BCUT2D eigenvalue weighted by Crippen LogP contribution is 2.29. The van der Waals surface area contributed by atoms with Crippen LogP contribution in [0, 0.1) is 10.1 Å². The minimum Gasteiger partial charge on any atom is -0.375 e. The Bertz CT molecular complexity index is 1480. The number of ether oxygens (including phenoxy) is 2. The van der Waals surface area contributed by atoms with Gasteiger partial charge in [0, 0.05) is 13.5 Å². The Labute approximate surface area is 213 Å². The smallest absolute Gasteiger partial charge is 0.365 e. The second kappa shape index (κ2) is 10.7. The number of hydrogen-bond acceptors (Lipinski definition) is 6.